The summed E-state index contributed by atoms with van der Waals surface area (Å²) in [6, 6.07) is 9.04. The second-order valence-electron chi connectivity index (χ2n) is 6.10. The first-order valence-corrected chi connectivity index (χ1v) is 8.58. The standard InChI is InChI=1S/C19H24ClN3O2/c1-6-25-16-8-7-12(2)9-15(16)13(3)21-19(24)14-10-17(20)22-18(11-14)23(4)5/h7-11,13H,6H2,1-5H3,(H,21,24). The summed E-state index contributed by atoms with van der Waals surface area (Å²) >= 11 is 6.04. The molecule has 0 saturated carbocycles. The summed E-state index contributed by atoms with van der Waals surface area (Å²) in [6.45, 7) is 6.46. The van der Waals surface area contributed by atoms with Crippen LogP contribution in [0.4, 0.5) is 5.82 Å². The zero-order valence-electron chi connectivity index (χ0n) is 15.3. The van der Waals surface area contributed by atoms with Crippen LogP contribution in [0.15, 0.2) is 30.3 Å². The van der Waals surface area contributed by atoms with Gasteiger partial charge in [0.05, 0.1) is 12.6 Å². The molecule has 0 aliphatic carbocycles. The number of anilines is 1. The Morgan fingerprint density at radius 1 is 1.32 bits per heavy atom. The van der Waals surface area contributed by atoms with Crippen molar-refractivity contribution in [1.82, 2.24) is 10.3 Å². The summed E-state index contributed by atoms with van der Waals surface area (Å²) < 4.78 is 5.68. The third kappa shape index (κ3) is 4.86. The van der Waals surface area contributed by atoms with Crippen LogP contribution in [-0.4, -0.2) is 31.6 Å². The van der Waals surface area contributed by atoms with Gasteiger partial charge in [0.15, 0.2) is 0 Å². The first kappa shape index (κ1) is 19.1. The van der Waals surface area contributed by atoms with Gasteiger partial charge in [-0.05, 0) is 39.0 Å². The van der Waals surface area contributed by atoms with Crippen molar-refractivity contribution >= 4 is 23.3 Å². The highest BCUT2D eigenvalue weighted by Crippen LogP contribution is 2.27. The molecule has 1 aromatic carbocycles. The van der Waals surface area contributed by atoms with E-state index in [1.54, 1.807) is 17.0 Å². The molecule has 1 unspecified atom stereocenters. The average Bonchev–Trinajstić information content (AvgIpc) is 2.55. The van der Waals surface area contributed by atoms with Crippen LogP contribution in [-0.2, 0) is 0 Å². The minimum absolute atomic E-state index is 0.205. The van der Waals surface area contributed by atoms with Gasteiger partial charge in [-0.3, -0.25) is 4.79 Å². The molecule has 6 heteroatoms. The van der Waals surface area contributed by atoms with Gasteiger partial charge in [-0.15, -0.1) is 0 Å². The van der Waals surface area contributed by atoms with Gasteiger partial charge in [-0.2, -0.15) is 0 Å². The molecular formula is C19H24ClN3O2. The second kappa shape index (κ2) is 8.21. The van der Waals surface area contributed by atoms with Crippen LogP contribution in [0.3, 0.4) is 0 Å². The van der Waals surface area contributed by atoms with Crippen LogP contribution in [0.5, 0.6) is 5.75 Å². The number of pyridine rings is 1. The number of halogens is 1. The topological polar surface area (TPSA) is 54.5 Å². The minimum Gasteiger partial charge on any atom is -0.494 e. The predicted octanol–water partition coefficient (Wildman–Crippen LogP) is 4.00. The lowest BCUT2D eigenvalue weighted by Gasteiger charge is -2.19. The van der Waals surface area contributed by atoms with Gasteiger partial charge < -0.3 is 15.0 Å². The zero-order chi connectivity index (χ0) is 18.6. The van der Waals surface area contributed by atoms with Gasteiger partial charge in [-0.25, -0.2) is 4.98 Å². The first-order chi connectivity index (χ1) is 11.8. The number of nitrogens with zero attached hydrogens (tertiary/aromatic N) is 2. The number of hydrogen-bond acceptors (Lipinski definition) is 4. The highest BCUT2D eigenvalue weighted by molar-refractivity contribution is 6.29. The largest absolute Gasteiger partial charge is 0.494 e. The van der Waals surface area contributed by atoms with Crippen molar-refractivity contribution in [1.29, 1.82) is 0 Å². The second-order valence-corrected chi connectivity index (χ2v) is 6.49. The number of benzene rings is 1. The molecule has 1 aromatic heterocycles. The maximum Gasteiger partial charge on any atom is 0.252 e. The van der Waals surface area contributed by atoms with E-state index >= 15 is 0 Å². The molecule has 0 saturated heterocycles. The smallest absolute Gasteiger partial charge is 0.252 e. The van der Waals surface area contributed by atoms with E-state index in [0.29, 0.717) is 18.0 Å². The summed E-state index contributed by atoms with van der Waals surface area (Å²) in [5.74, 6) is 1.21. The molecule has 1 amide bonds. The molecule has 1 atom stereocenters. The maximum atomic E-state index is 12.7. The molecule has 0 bridgehead atoms. The Balaban J connectivity index is 2.25. The summed E-state index contributed by atoms with van der Waals surface area (Å²) in [6.07, 6.45) is 0. The Hall–Kier alpha value is -2.27. The monoisotopic (exact) mass is 361 g/mol. The Bertz CT molecular complexity index is 762. The molecule has 0 aliphatic rings. The molecular weight excluding hydrogens is 338 g/mol. The van der Waals surface area contributed by atoms with Crippen molar-refractivity contribution < 1.29 is 9.53 Å². The van der Waals surface area contributed by atoms with Crippen molar-refractivity contribution in [3.05, 3.63) is 52.2 Å². The SMILES string of the molecule is CCOc1ccc(C)cc1C(C)NC(=O)c1cc(Cl)nc(N(C)C)c1. The van der Waals surface area contributed by atoms with Gasteiger partial charge in [-0.1, -0.05) is 29.3 Å². The summed E-state index contributed by atoms with van der Waals surface area (Å²) in [5.41, 5.74) is 2.53. The maximum absolute atomic E-state index is 12.7. The van der Waals surface area contributed by atoms with Crippen molar-refractivity contribution in [3.8, 4) is 5.75 Å². The quantitative estimate of drug-likeness (QED) is 0.790. The number of aromatic nitrogens is 1. The molecule has 0 spiro atoms. The van der Waals surface area contributed by atoms with Gasteiger partial charge >= 0.3 is 0 Å². The molecule has 2 rings (SSSR count). The average molecular weight is 362 g/mol. The molecule has 5 nitrogen and oxygen atoms in total. The van der Waals surface area contributed by atoms with E-state index in [-0.39, 0.29) is 17.1 Å². The highest BCUT2D eigenvalue weighted by Gasteiger charge is 2.17. The van der Waals surface area contributed by atoms with Crippen LogP contribution in [0, 0.1) is 6.92 Å². The third-order valence-corrected chi connectivity index (χ3v) is 3.97. The molecule has 1 heterocycles. The van der Waals surface area contributed by atoms with Crippen LogP contribution in [0.1, 0.15) is 41.4 Å². The Labute approximate surface area is 154 Å². The number of ether oxygens (including phenoxy) is 1. The first-order valence-electron chi connectivity index (χ1n) is 8.21. The lowest BCUT2D eigenvalue weighted by atomic mass is 10.0. The lowest BCUT2D eigenvalue weighted by Crippen LogP contribution is -2.27. The van der Waals surface area contributed by atoms with Crippen molar-refractivity contribution in [2.24, 2.45) is 0 Å². The number of carbonyl (C=O) groups is 1. The predicted molar refractivity (Wildman–Crippen MR) is 102 cm³/mol. The number of nitrogens with one attached hydrogen (secondary N) is 1. The molecule has 25 heavy (non-hydrogen) atoms. The molecule has 0 aliphatic heterocycles. The van der Waals surface area contributed by atoms with E-state index in [1.807, 2.05) is 53.1 Å². The number of hydrogen-bond donors (Lipinski definition) is 1. The molecule has 1 N–H and O–H groups in total. The van der Waals surface area contributed by atoms with Gasteiger partial charge in [0, 0.05) is 25.2 Å². The Morgan fingerprint density at radius 3 is 2.68 bits per heavy atom. The molecule has 2 aromatic rings. The molecule has 134 valence electrons. The minimum atomic E-state index is -0.205. The fraction of sp³-hybridized carbons (Fsp3) is 0.368. The van der Waals surface area contributed by atoms with Crippen LogP contribution in [0.2, 0.25) is 5.15 Å². The normalized spacial score (nSPS) is 11.8. The van der Waals surface area contributed by atoms with Gasteiger partial charge in [0.25, 0.3) is 5.91 Å². The Morgan fingerprint density at radius 2 is 2.04 bits per heavy atom. The van der Waals surface area contributed by atoms with Crippen molar-refractivity contribution in [2.75, 3.05) is 25.6 Å². The van der Waals surface area contributed by atoms with Gasteiger partial charge in [0.1, 0.15) is 16.7 Å². The fourth-order valence-corrected chi connectivity index (χ4v) is 2.70. The lowest BCUT2D eigenvalue weighted by molar-refractivity contribution is 0.0939. The number of rotatable bonds is 6. The van der Waals surface area contributed by atoms with Crippen molar-refractivity contribution in [2.45, 2.75) is 26.8 Å². The van der Waals surface area contributed by atoms with Crippen LogP contribution in [0.25, 0.3) is 0 Å². The summed E-state index contributed by atoms with van der Waals surface area (Å²) in [7, 11) is 3.70. The van der Waals surface area contributed by atoms with Gasteiger partial charge in [0.2, 0.25) is 0 Å². The number of aryl methyl sites for hydroxylation is 1. The van der Waals surface area contributed by atoms with E-state index in [9.17, 15) is 4.79 Å². The zero-order valence-corrected chi connectivity index (χ0v) is 16.0. The fourth-order valence-electron chi connectivity index (χ4n) is 2.49. The van der Waals surface area contributed by atoms with E-state index in [4.69, 9.17) is 16.3 Å². The molecule has 0 radical (unpaired) electrons. The number of carbonyl (C=O) groups excluding carboxylic acids is 1. The van der Waals surface area contributed by atoms with Crippen LogP contribution < -0.4 is 15.0 Å². The van der Waals surface area contributed by atoms with E-state index in [0.717, 1.165) is 16.9 Å². The summed E-state index contributed by atoms with van der Waals surface area (Å²) in [4.78, 5) is 18.7. The van der Waals surface area contributed by atoms with Crippen molar-refractivity contribution in [3.63, 3.8) is 0 Å². The van der Waals surface area contributed by atoms with E-state index < -0.39 is 0 Å². The molecule has 0 fully saturated rings. The highest BCUT2D eigenvalue weighted by atomic mass is 35.5. The van der Waals surface area contributed by atoms with E-state index in [1.165, 1.54) is 0 Å². The Kier molecular flexibility index (Phi) is 6.26. The van der Waals surface area contributed by atoms with Crippen LogP contribution >= 0.6 is 11.6 Å². The third-order valence-electron chi connectivity index (χ3n) is 3.78. The number of amides is 1. The summed E-state index contributed by atoms with van der Waals surface area (Å²) in [5, 5.41) is 3.29. The van der Waals surface area contributed by atoms with E-state index in [2.05, 4.69) is 10.3 Å².